The zero-order valence-electron chi connectivity index (χ0n) is 38.8. The molecule has 0 aliphatic carbocycles. The van der Waals surface area contributed by atoms with Crippen LogP contribution in [0.2, 0.25) is 0 Å². The van der Waals surface area contributed by atoms with Crippen molar-refractivity contribution < 1.29 is 24.5 Å². The molecule has 6 heteroatoms. The fourth-order valence-electron chi connectivity index (χ4n) is 7.74. The van der Waals surface area contributed by atoms with Crippen LogP contribution < -0.4 is 5.32 Å². The van der Waals surface area contributed by atoms with E-state index >= 15 is 0 Å². The first kappa shape index (κ1) is 56.3. The number of rotatable bonds is 47. The fraction of sp³-hybridized carbons (Fsp3) is 0.885. The second kappa shape index (κ2) is 48.0. The van der Waals surface area contributed by atoms with Gasteiger partial charge in [0.15, 0.2) is 0 Å². The van der Waals surface area contributed by atoms with Crippen molar-refractivity contribution in [1.29, 1.82) is 0 Å². The first-order valence-electron chi connectivity index (χ1n) is 25.6. The average molecular weight is 818 g/mol. The number of allylic oxidation sites excluding steroid dienone is 3. The van der Waals surface area contributed by atoms with Gasteiger partial charge >= 0.3 is 5.97 Å². The van der Waals surface area contributed by atoms with E-state index < -0.39 is 12.1 Å². The third-order valence-electron chi connectivity index (χ3n) is 11.7. The molecule has 0 aromatic heterocycles. The third kappa shape index (κ3) is 43.9. The van der Waals surface area contributed by atoms with Gasteiger partial charge in [0.05, 0.1) is 25.4 Å². The minimum Gasteiger partial charge on any atom is -0.466 e. The third-order valence-corrected chi connectivity index (χ3v) is 11.7. The maximum Gasteiger partial charge on any atom is 0.305 e. The summed E-state index contributed by atoms with van der Waals surface area (Å²) in [5, 5.41) is 23.0. The zero-order valence-corrected chi connectivity index (χ0v) is 38.8. The molecule has 0 aromatic carbocycles. The van der Waals surface area contributed by atoms with Crippen molar-refractivity contribution in [1.82, 2.24) is 5.32 Å². The van der Waals surface area contributed by atoms with E-state index in [1.807, 2.05) is 6.08 Å². The van der Waals surface area contributed by atoms with Gasteiger partial charge in [-0.05, 0) is 57.8 Å². The number of carbonyl (C=O) groups excluding carboxylic acids is 2. The van der Waals surface area contributed by atoms with Crippen molar-refractivity contribution in [2.75, 3.05) is 13.2 Å². The molecule has 0 aliphatic rings. The van der Waals surface area contributed by atoms with Crippen molar-refractivity contribution in [3.05, 3.63) is 24.3 Å². The Morgan fingerprint density at radius 2 is 0.810 bits per heavy atom. The highest BCUT2D eigenvalue weighted by molar-refractivity contribution is 5.76. The van der Waals surface area contributed by atoms with E-state index in [9.17, 15) is 19.8 Å². The van der Waals surface area contributed by atoms with Crippen LogP contribution in [-0.2, 0) is 14.3 Å². The summed E-state index contributed by atoms with van der Waals surface area (Å²) in [6, 6.07) is -0.632. The van der Waals surface area contributed by atoms with Crippen molar-refractivity contribution in [2.45, 2.75) is 283 Å². The highest BCUT2D eigenvalue weighted by Crippen LogP contribution is 2.16. The van der Waals surface area contributed by atoms with Gasteiger partial charge in [-0.15, -0.1) is 0 Å². The van der Waals surface area contributed by atoms with Crippen molar-refractivity contribution >= 4 is 11.9 Å². The summed E-state index contributed by atoms with van der Waals surface area (Å²) in [5.41, 5.74) is 0. The second-order valence-corrected chi connectivity index (χ2v) is 17.5. The van der Waals surface area contributed by atoms with E-state index in [0.29, 0.717) is 19.4 Å². The molecule has 0 aliphatic heterocycles. The Labute approximate surface area is 361 Å². The Hall–Kier alpha value is -1.66. The summed E-state index contributed by atoms with van der Waals surface area (Å²) in [6.45, 7) is 4.85. The molecule has 2 atom stereocenters. The number of carbonyl (C=O) groups is 2. The average Bonchev–Trinajstić information content (AvgIpc) is 3.22. The van der Waals surface area contributed by atoms with Gasteiger partial charge in [0.2, 0.25) is 5.91 Å². The van der Waals surface area contributed by atoms with Crippen molar-refractivity contribution in [2.24, 2.45) is 0 Å². The van der Waals surface area contributed by atoms with Crippen molar-refractivity contribution in [3.8, 4) is 0 Å². The van der Waals surface area contributed by atoms with Crippen LogP contribution in [0.25, 0.3) is 0 Å². The number of nitrogens with one attached hydrogen (secondary N) is 1. The Morgan fingerprint density at radius 3 is 1.26 bits per heavy atom. The van der Waals surface area contributed by atoms with Gasteiger partial charge in [0, 0.05) is 12.8 Å². The summed E-state index contributed by atoms with van der Waals surface area (Å²) in [5.74, 6) is -0.0838. The number of aliphatic hydroxyl groups is 2. The molecule has 342 valence electrons. The molecular formula is C52H99NO5. The first-order valence-corrected chi connectivity index (χ1v) is 25.6. The highest BCUT2D eigenvalue weighted by Gasteiger charge is 2.18. The van der Waals surface area contributed by atoms with E-state index in [1.165, 1.54) is 199 Å². The van der Waals surface area contributed by atoms with Gasteiger partial charge in [-0.1, -0.05) is 224 Å². The highest BCUT2D eigenvalue weighted by atomic mass is 16.5. The molecule has 58 heavy (non-hydrogen) atoms. The van der Waals surface area contributed by atoms with Gasteiger partial charge in [-0.3, -0.25) is 9.59 Å². The molecule has 0 spiro atoms. The monoisotopic (exact) mass is 818 g/mol. The lowest BCUT2D eigenvalue weighted by atomic mass is 10.0. The summed E-state index contributed by atoms with van der Waals surface area (Å²) in [7, 11) is 0. The van der Waals surface area contributed by atoms with E-state index in [2.05, 4.69) is 31.3 Å². The molecule has 0 saturated carbocycles. The van der Waals surface area contributed by atoms with Crippen LogP contribution in [0.15, 0.2) is 24.3 Å². The SMILES string of the molecule is CCCCC/C=C\CCCCCCCC(=O)OCCCCCCCCCCCCCCCCCCC(=O)NC(CO)C(O)/C=C/CCCCCCCCCCCCC. The number of esters is 1. The van der Waals surface area contributed by atoms with E-state index in [0.717, 1.165) is 44.9 Å². The van der Waals surface area contributed by atoms with Gasteiger partial charge < -0.3 is 20.3 Å². The summed E-state index contributed by atoms with van der Waals surface area (Å²) >= 11 is 0. The van der Waals surface area contributed by atoms with E-state index in [1.54, 1.807) is 6.08 Å². The van der Waals surface area contributed by atoms with Crippen LogP contribution in [0.4, 0.5) is 0 Å². The number of amides is 1. The molecule has 0 aromatic rings. The van der Waals surface area contributed by atoms with Crippen LogP contribution in [0, 0.1) is 0 Å². The predicted octanol–water partition coefficient (Wildman–Crippen LogP) is 15.1. The smallest absolute Gasteiger partial charge is 0.305 e. The topological polar surface area (TPSA) is 95.9 Å². The number of unbranched alkanes of at least 4 members (excludes halogenated alkanes) is 34. The van der Waals surface area contributed by atoms with Crippen LogP contribution in [0.1, 0.15) is 271 Å². The lowest BCUT2D eigenvalue weighted by Crippen LogP contribution is -2.45. The molecule has 0 heterocycles. The van der Waals surface area contributed by atoms with E-state index in [-0.39, 0.29) is 18.5 Å². The summed E-state index contributed by atoms with van der Waals surface area (Å²) in [4.78, 5) is 24.4. The molecule has 3 N–H and O–H groups in total. The fourth-order valence-corrected chi connectivity index (χ4v) is 7.74. The normalized spacial score (nSPS) is 12.8. The molecule has 2 unspecified atom stereocenters. The number of hydrogen-bond donors (Lipinski definition) is 3. The molecule has 0 fully saturated rings. The van der Waals surface area contributed by atoms with Crippen LogP contribution in [-0.4, -0.2) is 47.4 Å². The maximum absolute atomic E-state index is 12.4. The molecule has 0 rings (SSSR count). The maximum atomic E-state index is 12.4. The molecule has 0 bridgehead atoms. The van der Waals surface area contributed by atoms with Gasteiger partial charge in [0.1, 0.15) is 0 Å². The van der Waals surface area contributed by atoms with Crippen LogP contribution in [0.5, 0.6) is 0 Å². The molecule has 0 radical (unpaired) electrons. The minimum atomic E-state index is -0.848. The minimum absolute atomic E-state index is 0.00836. The van der Waals surface area contributed by atoms with Gasteiger partial charge in [-0.2, -0.15) is 0 Å². The zero-order chi connectivity index (χ0) is 42.3. The Bertz CT molecular complexity index is 904. The predicted molar refractivity (Wildman–Crippen MR) is 250 cm³/mol. The van der Waals surface area contributed by atoms with Gasteiger partial charge in [-0.25, -0.2) is 0 Å². The number of ether oxygens (including phenoxy) is 1. The lowest BCUT2D eigenvalue weighted by molar-refractivity contribution is -0.143. The molecule has 6 nitrogen and oxygen atoms in total. The Morgan fingerprint density at radius 1 is 0.466 bits per heavy atom. The summed E-state index contributed by atoms with van der Waals surface area (Å²) in [6.07, 6.45) is 56.0. The molecule has 1 amide bonds. The summed E-state index contributed by atoms with van der Waals surface area (Å²) < 4.78 is 5.45. The standard InChI is InChI=1S/C52H99NO5/c1-3-5-7-9-11-13-15-21-24-28-32-36-40-44-50(55)49(48-54)53-51(56)45-41-37-33-29-25-22-19-17-18-20-23-27-31-35-39-43-47-58-52(57)46-42-38-34-30-26-16-14-12-10-8-6-4-2/h12,14,40,44,49-50,54-55H,3-11,13,15-39,41-43,45-48H2,1-2H3,(H,53,56)/b14-12-,44-40+. The van der Waals surface area contributed by atoms with Crippen LogP contribution in [0.3, 0.4) is 0 Å². The van der Waals surface area contributed by atoms with Crippen LogP contribution >= 0.6 is 0 Å². The van der Waals surface area contributed by atoms with E-state index in [4.69, 9.17) is 4.74 Å². The second-order valence-electron chi connectivity index (χ2n) is 17.5. The number of aliphatic hydroxyl groups excluding tert-OH is 2. The largest absolute Gasteiger partial charge is 0.466 e. The lowest BCUT2D eigenvalue weighted by Gasteiger charge is -2.20. The quantitative estimate of drug-likeness (QED) is 0.0323. The Balaban J connectivity index is 3.46. The number of hydrogen-bond acceptors (Lipinski definition) is 5. The molecular weight excluding hydrogens is 719 g/mol. The first-order chi connectivity index (χ1) is 28.5. The molecule has 0 saturated heterocycles. The van der Waals surface area contributed by atoms with Gasteiger partial charge in [0.25, 0.3) is 0 Å². The van der Waals surface area contributed by atoms with Crippen molar-refractivity contribution in [3.63, 3.8) is 0 Å². The Kier molecular flexibility index (Phi) is 46.6.